The van der Waals surface area contributed by atoms with Gasteiger partial charge in [0.15, 0.2) is 0 Å². The Labute approximate surface area is 184 Å². The standard InChI is InChI=1S/C23H12F2N4O4/c24-13-3-6-14(18(25)9-13)11-1-5-16(23(32)33)20(8-11)29-21(30)15-4-2-12(7-17(15)22(29)31)19-10-26-28-27-19/h1-10H,(H,32,33)(H,26,27,28). The Bertz CT molecular complexity index is 1470. The highest BCUT2D eigenvalue weighted by Crippen LogP contribution is 2.36. The van der Waals surface area contributed by atoms with Crippen LogP contribution in [0.25, 0.3) is 22.4 Å². The van der Waals surface area contributed by atoms with Gasteiger partial charge >= 0.3 is 5.97 Å². The lowest BCUT2D eigenvalue weighted by Gasteiger charge is -2.18. The molecule has 0 fully saturated rings. The van der Waals surface area contributed by atoms with Gasteiger partial charge in [-0.2, -0.15) is 0 Å². The Morgan fingerprint density at radius 3 is 2.30 bits per heavy atom. The van der Waals surface area contributed by atoms with Crippen LogP contribution < -0.4 is 4.90 Å². The Morgan fingerprint density at radius 2 is 1.61 bits per heavy atom. The molecule has 0 unspecified atom stereocenters. The van der Waals surface area contributed by atoms with E-state index in [1.165, 1.54) is 42.6 Å². The van der Waals surface area contributed by atoms with Crippen LogP contribution in [0.1, 0.15) is 31.1 Å². The summed E-state index contributed by atoms with van der Waals surface area (Å²) in [6.07, 6.45) is 1.52. The third kappa shape index (κ3) is 3.24. The zero-order valence-corrected chi connectivity index (χ0v) is 16.5. The number of benzene rings is 3. The number of aromatic amines is 1. The number of halogens is 2. The fourth-order valence-corrected chi connectivity index (χ4v) is 3.75. The first-order valence-electron chi connectivity index (χ1n) is 9.57. The number of anilines is 1. The van der Waals surface area contributed by atoms with Crippen molar-refractivity contribution in [3.8, 4) is 22.4 Å². The summed E-state index contributed by atoms with van der Waals surface area (Å²) in [6.45, 7) is 0. The number of hydrogen-bond donors (Lipinski definition) is 2. The zero-order valence-electron chi connectivity index (χ0n) is 16.5. The average molecular weight is 446 g/mol. The number of aromatic carboxylic acids is 1. The molecule has 0 aliphatic carbocycles. The predicted molar refractivity (Wildman–Crippen MR) is 112 cm³/mol. The van der Waals surface area contributed by atoms with Gasteiger partial charge in [-0.05, 0) is 42.0 Å². The van der Waals surface area contributed by atoms with E-state index >= 15 is 0 Å². The molecule has 0 saturated heterocycles. The molecule has 0 saturated carbocycles. The van der Waals surface area contributed by atoms with Crippen LogP contribution >= 0.6 is 0 Å². The highest BCUT2D eigenvalue weighted by molar-refractivity contribution is 6.35. The SMILES string of the molecule is O=C(O)c1ccc(-c2ccc(F)cc2F)cc1N1C(=O)c2ccc(-c3c[nH]nn3)cc2C1=O. The summed E-state index contributed by atoms with van der Waals surface area (Å²) in [5, 5.41) is 19.7. The third-order valence-corrected chi connectivity index (χ3v) is 5.31. The zero-order chi connectivity index (χ0) is 23.3. The molecule has 162 valence electrons. The number of rotatable bonds is 4. The van der Waals surface area contributed by atoms with Crippen LogP contribution in [0.4, 0.5) is 14.5 Å². The fourth-order valence-electron chi connectivity index (χ4n) is 3.75. The van der Waals surface area contributed by atoms with Gasteiger partial charge < -0.3 is 5.11 Å². The summed E-state index contributed by atoms with van der Waals surface area (Å²) < 4.78 is 27.7. The van der Waals surface area contributed by atoms with Crippen molar-refractivity contribution in [1.29, 1.82) is 0 Å². The number of carbonyl (C=O) groups excluding carboxylic acids is 2. The van der Waals surface area contributed by atoms with Gasteiger partial charge in [0.1, 0.15) is 17.3 Å². The van der Waals surface area contributed by atoms with Crippen LogP contribution in [0, 0.1) is 11.6 Å². The number of carbonyl (C=O) groups is 3. The van der Waals surface area contributed by atoms with Crippen molar-refractivity contribution in [3.63, 3.8) is 0 Å². The average Bonchev–Trinajstić information content (AvgIpc) is 3.41. The number of nitrogens with one attached hydrogen (secondary N) is 1. The van der Waals surface area contributed by atoms with Crippen LogP contribution in [-0.2, 0) is 0 Å². The van der Waals surface area contributed by atoms with E-state index in [9.17, 15) is 28.3 Å². The van der Waals surface area contributed by atoms with Crippen molar-refractivity contribution in [2.45, 2.75) is 0 Å². The topological polar surface area (TPSA) is 116 Å². The number of carboxylic acid groups (broad SMARTS) is 1. The van der Waals surface area contributed by atoms with Crippen molar-refractivity contribution < 1.29 is 28.3 Å². The maximum absolute atomic E-state index is 14.3. The molecule has 1 aliphatic heterocycles. The molecule has 3 aromatic carbocycles. The molecule has 0 spiro atoms. The Hall–Kier alpha value is -4.73. The second-order valence-electron chi connectivity index (χ2n) is 7.23. The molecule has 0 radical (unpaired) electrons. The monoisotopic (exact) mass is 446 g/mol. The summed E-state index contributed by atoms with van der Waals surface area (Å²) in [5.41, 5.74) is 0.747. The summed E-state index contributed by atoms with van der Waals surface area (Å²) in [6, 6.07) is 11.2. The number of carboxylic acids is 1. The summed E-state index contributed by atoms with van der Waals surface area (Å²) in [7, 11) is 0. The predicted octanol–water partition coefficient (Wildman–Crippen LogP) is 3.92. The largest absolute Gasteiger partial charge is 0.478 e. The van der Waals surface area contributed by atoms with Crippen LogP contribution in [0.2, 0.25) is 0 Å². The van der Waals surface area contributed by atoms with Crippen LogP contribution in [-0.4, -0.2) is 38.3 Å². The van der Waals surface area contributed by atoms with E-state index < -0.39 is 29.4 Å². The second kappa shape index (κ2) is 7.45. The van der Waals surface area contributed by atoms with Gasteiger partial charge in [-0.15, -0.1) is 5.10 Å². The molecule has 8 nitrogen and oxygen atoms in total. The smallest absolute Gasteiger partial charge is 0.337 e. The molecular weight excluding hydrogens is 434 g/mol. The van der Waals surface area contributed by atoms with Crippen LogP contribution in [0.3, 0.4) is 0 Å². The molecule has 0 atom stereocenters. The van der Waals surface area contributed by atoms with E-state index in [2.05, 4.69) is 15.4 Å². The Morgan fingerprint density at radius 1 is 0.879 bits per heavy atom. The first-order valence-corrected chi connectivity index (χ1v) is 9.57. The van der Waals surface area contributed by atoms with Crippen LogP contribution in [0.5, 0.6) is 0 Å². The summed E-state index contributed by atoms with van der Waals surface area (Å²) in [5.74, 6) is -4.48. The number of aromatic nitrogens is 3. The number of nitrogens with zero attached hydrogens (tertiary/aromatic N) is 3. The number of amides is 2. The van der Waals surface area contributed by atoms with E-state index in [1.807, 2.05) is 0 Å². The molecule has 10 heteroatoms. The third-order valence-electron chi connectivity index (χ3n) is 5.31. The van der Waals surface area contributed by atoms with Crippen LogP contribution in [0.15, 0.2) is 60.8 Å². The molecule has 0 bridgehead atoms. The van der Waals surface area contributed by atoms with Crippen molar-refractivity contribution >= 4 is 23.5 Å². The van der Waals surface area contributed by atoms with Gasteiger partial charge in [0.25, 0.3) is 11.8 Å². The maximum atomic E-state index is 14.3. The highest BCUT2D eigenvalue weighted by Gasteiger charge is 2.39. The first-order chi connectivity index (χ1) is 15.8. The molecule has 2 N–H and O–H groups in total. The number of hydrogen-bond acceptors (Lipinski definition) is 5. The number of H-pyrrole nitrogens is 1. The lowest BCUT2D eigenvalue weighted by molar-refractivity contribution is 0.0698. The van der Waals surface area contributed by atoms with Gasteiger partial charge in [0, 0.05) is 23.4 Å². The van der Waals surface area contributed by atoms with Gasteiger partial charge in [-0.3, -0.25) is 14.7 Å². The first kappa shape index (κ1) is 20.2. The lowest BCUT2D eigenvalue weighted by Crippen LogP contribution is -2.31. The van der Waals surface area contributed by atoms with Crippen molar-refractivity contribution in [3.05, 3.63) is 89.1 Å². The molecule has 2 amide bonds. The van der Waals surface area contributed by atoms with Crippen molar-refractivity contribution in [2.75, 3.05) is 4.90 Å². The quantitative estimate of drug-likeness (QED) is 0.459. The molecular formula is C23H12F2N4O4. The summed E-state index contributed by atoms with van der Waals surface area (Å²) in [4.78, 5) is 38.9. The molecule has 1 aliphatic rings. The minimum Gasteiger partial charge on any atom is -0.478 e. The van der Waals surface area contributed by atoms with E-state index in [4.69, 9.17) is 0 Å². The highest BCUT2D eigenvalue weighted by atomic mass is 19.1. The van der Waals surface area contributed by atoms with Crippen molar-refractivity contribution in [2.24, 2.45) is 0 Å². The molecule has 2 heterocycles. The van der Waals surface area contributed by atoms with Gasteiger partial charge in [0.05, 0.1) is 22.4 Å². The van der Waals surface area contributed by atoms with Gasteiger partial charge in [-0.25, -0.2) is 18.5 Å². The van der Waals surface area contributed by atoms with Gasteiger partial charge in [0.2, 0.25) is 0 Å². The molecule has 4 aromatic rings. The maximum Gasteiger partial charge on any atom is 0.337 e. The fraction of sp³-hybridized carbons (Fsp3) is 0. The van der Waals surface area contributed by atoms with E-state index in [0.717, 1.165) is 11.0 Å². The molecule has 1 aromatic heterocycles. The van der Waals surface area contributed by atoms with E-state index in [1.54, 1.807) is 6.07 Å². The lowest BCUT2D eigenvalue weighted by atomic mass is 10.0. The normalized spacial score (nSPS) is 12.8. The molecule has 33 heavy (non-hydrogen) atoms. The van der Waals surface area contributed by atoms with E-state index in [0.29, 0.717) is 17.3 Å². The second-order valence-corrected chi connectivity index (χ2v) is 7.23. The number of fused-ring (bicyclic) bond motifs is 1. The van der Waals surface area contributed by atoms with Crippen molar-refractivity contribution in [1.82, 2.24) is 15.4 Å². The Kier molecular flexibility index (Phi) is 4.56. The minimum absolute atomic E-state index is 0.0143. The van der Waals surface area contributed by atoms with Gasteiger partial charge in [-0.1, -0.05) is 17.3 Å². The number of imide groups is 1. The van der Waals surface area contributed by atoms with E-state index in [-0.39, 0.29) is 33.5 Å². The summed E-state index contributed by atoms with van der Waals surface area (Å²) >= 11 is 0. The molecule has 5 rings (SSSR count). The minimum atomic E-state index is -1.38. The Balaban J connectivity index is 1.64.